The number of amides is 1. The number of carbonyl (C=O) groups excluding carboxylic acids is 1. The summed E-state index contributed by atoms with van der Waals surface area (Å²) in [6.45, 7) is 0.739. The van der Waals surface area contributed by atoms with Gasteiger partial charge in [0.2, 0.25) is 5.91 Å². The molecule has 1 aliphatic rings. The fourth-order valence-corrected chi connectivity index (χ4v) is 3.60. The number of hydrogen-bond donors (Lipinski definition) is 0. The van der Waals surface area contributed by atoms with E-state index < -0.39 is 20.9 Å². The van der Waals surface area contributed by atoms with Crippen molar-refractivity contribution in [2.75, 3.05) is 19.3 Å². The first-order chi connectivity index (χ1) is 9.77. The van der Waals surface area contributed by atoms with E-state index in [0.717, 1.165) is 5.56 Å². The molecule has 0 saturated carbocycles. The van der Waals surface area contributed by atoms with Crippen LogP contribution in [0.2, 0.25) is 5.02 Å². The molecule has 116 valence electrons. The molecule has 7 heteroatoms. The van der Waals surface area contributed by atoms with Gasteiger partial charge < -0.3 is 4.90 Å². The molecule has 0 spiro atoms. The van der Waals surface area contributed by atoms with E-state index in [1.807, 2.05) is 0 Å². The van der Waals surface area contributed by atoms with Crippen LogP contribution in [-0.4, -0.2) is 43.8 Å². The lowest BCUT2D eigenvalue weighted by atomic mass is 10.1. The number of rotatable bonds is 4. The van der Waals surface area contributed by atoms with Crippen molar-refractivity contribution >= 4 is 27.3 Å². The Morgan fingerprint density at radius 3 is 2.76 bits per heavy atom. The average Bonchev–Trinajstić information content (AvgIpc) is 2.89. The molecular formula is C14H17ClFNO3S. The summed E-state index contributed by atoms with van der Waals surface area (Å²) >= 11 is 5.69. The zero-order valence-electron chi connectivity index (χ0n) is 11.7. The molecule has 1 fully saturated rings. The quantitative estimate of drug-likeness (QED) is 0.847. The van der Waals surface area contributed by atoms with Gasteiger partial charge in [0.25, 0.3) is 0 Å². The van der Waals surface area contributed by atoms with E-state index in [2.05, 4.69) is 0 Å². The molecule has 1 heterocycles. The monoisotopic (exact) mass is 333 g/mol. The van der Waals surface area contributed by atoms with Crippen LogP contribution in [-0.2, 0) is 21.1 Å². The number of likely N-dealkylation sites (tertiary alicyclic amines) is 1. The Morgan fingerprint density at radius 1 is 1.48 bits per heavy atom. The Labute approximate surface area is 128 Å². The van der Waals surface area contributed by atoms with Gasteiger partial charge in [0, 0.05) is 25.8 Å². The summed E-state index contributed by atoms with van der Waals surface area (Å²) in [5, 5.41) is -0.417. The third kappa shape index (κ3) is 4.17. The third-order valence-corrected chi connectivity index (χ3v) is 5.60. The van der Waals surface area contributed by atoms with Gasteiger partial charge in [0.15, 0.2) is 9.84 Å². The van der Waals surface area contributed by atoms with Crippen molar-refractivity contribution in [3.05, 3.63) is 34.6 Å². The van der Waals surface area contributed by atoms with E-state index in [9.17, 15) is 17.6 Å². The van der Waals surface area contributed by atoms with Gasteiger partial charge in [0.05, 0.1) is 10.3 Å². The molecule has 1 aromatic rings. The molecule has 0 bridgehead atoms. The van der Waals surface area contributed by atoms with Gasteiger partial charge in [-0.25, -0.2) is 12.8 Å². The lowest BCUT2D eigenvalue weighted by Crippen LogP contribution is -2.31. The fourth-order valence-electron chi connectivity index (χ4n) is 2.41. The molecule has 0 aliphatic carbocycles. The molecule has 0 aromatic heterocycles. The van der Waals surface area contributed by atoms with Gasteiger partial charge in [-0.1, -0.05) is 17.7 Å². The zero-order chi connectivity index (χ0) is 15.6. The van der Waals surface area contributed by atoms with Gasteiger partial charge in [-0.2, -0.15) is 0 Å². The van der Waals surface area contributed by atoms with Gasteiger partial charge >= 0.3 is 0 Å². The normalized spacial score (nSPS) is 19.0. The zero-order valence-corrected chi connectivity index (χ0v) is 13.3. The van der Waals surface area contributed by atoms with E-state index in [1.165, 1.54) is 18.4 Å². The molecule has 0 radical (unpaired) electrons. The second-order valence-corrected chi connectivity index (χ2v) is 8.06. The van der Waals surface area contributed by atoms with E-state index in [-0.39, 0.29) is 23.9 Å². The third-order valence-electron chi connectivity index (χ3n) is 3.71. The summed E-state index contributed by atoms with van der Waals surface area (Å²) in [7, 11) is -3.10. The number of sulfone groups is 1. The van der Waals surface area contributed by atoms with E-state index in [0.29, 0.717) is 19.4 Å². The van der Waals surface area contributed by atoms with E-state index >= 15 is 0 Å². The average molecular weight is 334 g/mol. The molecule has 1 saturated heterocycles. The highest BCUT2D eigenvalue weighted by Gasteiger charge is 2.32. The minimum absolute atomic E-state index is 0.0401. The van der Waals surface area contributed by atoms with Crippen LogP contribution in [0.4, 0.5) is 4.39 Å². The van der Waals surface area contributed by atoms with E-state index in [4.69, 9.17) is 11.6 Å². The van der Waals surface area contributed by atoms with Crippen LogP contribution >= 0.6 is 11.6 Å². The number of hydrogen-bond acceptors (Lipinski definition) is 3. The highest BCUT2D eigenvalue weighted by atomic mass is 35.5. The minimum Gasteiger partial charge on any atom is -0.341 e. The molecule has 21 heavy (non-hydrogen) atoms. The molecule has 0 N–H and O–H groups in total. The van der Waals surface area contributed by atoms with Gasteiger partial charge in [-0.05, 0) is 30.5 Å². The van der Waals surface area contributed by atoms with Crippen LogP contribution in [0.25, 0.3) is 0 Å². The number of aryl methyl sites for hydroxylation is 1. The molecule has 4 nitrogen and oxygen atoms in total. The maximum atomic E-state index is 13.0. The highest BCUT2D eigenvalue weighted by Crippen LogP contribution is 2.19. The summed E-state index contributed by atoms with van der Waals surface area (Å²) in [5.41, 5.74) is 0.786. The number of nitrogens with zero attached hydrogens (tertiary/aromatic N) is 1. The van der Waals surface area contributed by atoms with Gasteiger partial charge in [0.1, 0.15) is 5.82 Å². The molecule has 1 unspecified atom stereocenters. The largest absolute Gasteiger partial charge is 0.341 e. The predicted molar refractivity (Wildman–Crippen MR) is 79.6 cm³/mol. The molecular weight excluding hydrogens is 317 g/mol. The van der Waals surface area contributed by atoms with Crippen molar-refractivity contribution in [1.29, 1.82) is 0 Å². The summed E-state index contributed by atoms with van der Waals surface area (Å²) in [6, 6.07) is 4.38. The van der Waals surface area contributed by atoms with Crippen LogP contribution in [0.1, 0.15) is 18.4 Å². The summed E-state index contributed by atoms with van der Waals surface area (Å²) in [6.07, 6.45) is 2.41. The number of carbonyl (C=O) groups is 1. The molecule has 1 aliphatic heterocycles. The Morgan fingerprint density at radius 2 is 2.19 bits per heavy atom. The maximum Gasteiger partial charge on any atom is 0.222 e. The first-order valence-corrected chi connectivity index (χ1v) is 9.01. The minimum atomic E-state index is -3.10. The van der Waals surface area contributed by atoms with Crippen molar-refractivity contribution in [2.24, 2.45) is 0 Å². The topological polar surface area (TPSA) is 54.5 Å². The van der Waals surface area contributed by atoms with Crippen LogP contribution in [0, 0.1) is 5.82 Å². The first-order valence-electron chi connectivity index (χ1n) is 6.68. The standard InChI is InChI=1S/C14H17ClFNO3S/c1-21(19,20)11-6-7-17(9-11)14(18)5-3-10-2-4-13(16)12(15)8-10/h2,4,8,11H,3,5-7,9H2,1H3. The van der Waals surface area contributed by atoms with Crippen LogP contribution in [0.5, 0.6) is 0 Å². The van der Waals surface area contributed by atoms with Crippen LogP contribution < -0.4 is 0 Å². The van der Waals surface area contributed by atoms with Crippen molar-refractivity contribution in [3.8, 4) is 0 Å². The maximum absolute atomic E-state index is 13.0. The highest BCUT2D eigenvalue weighted by molar-refractivity contribution is 7.91. The Balaban J connectivity index is 1.89. The second-order valence-electron chi connectivity index (χ2n) is 5.33. The molecule has 1 aromatic carbocycles. The van der Waals surface area contributed by atoms with Crippen molar-refractivity contribution in [3.63, 3.8) is 0 Å². The van der Waals surface area contributed by atoms with Crippen LogP contribution in [0.3, 0.4) is 0 Å². The van der Waals surface area contributed by atoms with Crippen molar-refractivity contribution in [1.82, 2.24) is 4.90 Å². The van der Waals surface area contributed by atoms with Crippen LogP contribution in [0.15, 0.2) is 18.2 Å². The molecule has 2 rings (SSSR count). The second kappa shape index (κ2) is 6.32. The first kappa shape index (κ1) is 16.2. The Hall–Kier alpha value is -1.14. The lowest BCUT2D eigenvalue weighted by Gasteiger charge is -2.16. The van der Waals surface area contributed by atoms with Crippen molar-refractivity contribution in [2.45, 2.75) is 24.5 Å². The Kier molecular flexibility index (Phi) is 4.88. The summed E-state index contributed by atoms with van der Waals surface area (Å²) in [5.74, 6) is -0.566. The predicted octanol–water partition coefficient (Wildman–Crippen LogP) is 2.06. The number of benzene rings is 1. The lowest BCUT2D eigenvalue weighted by molar-refractivity contribution is -0.130. The Bertz CT molecular complexity index is 648. The summed E-state index contributed by atoms with van der Waals surface area (Å²) in [4.78, 5) is 13.6. The van der Waals surface area contributed by atoms with E-state index in [1.54, 1.807) is 11.0 Å². The number of halogens is 2. The molecule has 1 atom stereocenters. The molecule has 1 amide bonds. The summed E-state index contributed by atoms with van der Waals surface area (Å²) < 4.78 is 36.0. The van der Waals surface area contributed by atoms with Gasteiger partial charge in [-0.3, -0.25) is 4.79 Å². The smallest absolute Gasteiger partial charge is 0.222 e. The SMILES string of the molecule is CS(=O)(=O)C1CCN(C(=O)CCc2ccc(F)c(Cl)c2)C1. The van der Waals surface area contributed by atoms with Gasteiger partial charge in [-0.15, -0.1) is 0 Å². The van der Waals surface area contributed by atoms with Crippen molar-refractivity contribution < 1.29 is 17.6 Å². The fraction of sp³-hybridized carbons (Fsp3) is 0.500.